The third-order valence-corrected chi connectivity index (χ3v) is 4.04. The fraction of sp³-hybridized carbons (Fsp3) is 0.467. The molecule has 0 saturated carbocycles. The van der Waals surface area contributed by atoms with E-state index in [1.807, 2.05) is 18.2 Å². The molecule has 1 aliphatic heterocycles. The Labute approximate surface area is 123 Å². The van der Waals surface area contributed by atoms with E-state index in [1.54, 1.807) is 6.20 Å². The summed E-state index contributed by atoms with van der Waals surface area (Å²) < 4.78 is 0. The summed E-state index contributed by atoms with van der Waals surface area (Å²) in [6, 6.07) is 5.76. The second kappa shape index (κ2) is 6.24. The molecule has 1 fully saturated rings. The number of benzene rings is 1. The molecule has 6 heteroatoms. The SMILES string of the molecule is O=C(NC1CCN(CCO)CC1)c1ccc2[nH]ncc2c1. The minimum absolute atomic E-state index is 0.0290. The predicted octanol–water partition coefficient (Wildman–Crippen LogP) is 0.749. The van der Waals surface area contributed by atoms with E-state index in [9.17, 15) is 4.79 Å². The van der Waals surface area contributed by atoms with Crippen LogP contribution in [-0.2, 0) is 0 Å². The molecule has 6 nitrogen and oxygen atoms in total. The van der Waals surface area contributed by atoms with Crippen molar-refractivity contribution in [3.63, 3.8) is 0 Å². The number of aromatic amines is 1. The Morgan fingerprint density at radius 1 is 1.43 bits per heavy atom. The Hall–Kier alpha value is -1.92. The number of piperidine rings is 1. The molecular weight excluding hydrogens is 268 g/mol. The van der Waals surface area contributed by atoms with Gasteiger partial charge in [-0.15, -0.1) is 0 Å². The van der Waals surface area contributed by atoms with Crippen LogP contribution in [0.3, 0.4) is 0 Å². The molecule has 1 saturated heterocycles. The van der Waals surface area contributed by atoms with Crippen molar-refractivity contribution in [2.75, 3.05) is 26.2 Å². The number of likely N-dealkylation sites (tertiary alicyclic amines) is 1. The molecule has 0 bridgehead atoms. The Kier molecular flexibility index (Phi) is 4.17. The van der Waals surface area contributed by atoms with Gasteiger partial charge in [0, 0.05) is 36.6 Å². The van der Waals surface area contributed by atoms with E-state index in [4.69, 9.17) is 5.11 Å². The van der Waals surface area contributed by atoms with Crippen LogP contribution in [0, 0.1) is 0 Å². The maximum absolute atomic E-state index is 12.3. The number of hydrogen-bond donors (Lipinski definition) is 3. The second-order valence-electron chi connectivity index (χ2n) is 5.49. The Morgan fingerprint density at radius 2 is 2.24 bits per heavy atom. The van der Waals surface area contributed by atoms with Gasteiger partial charge < -0.3 is 15.3 Å². The molecule has 1 aromatic heterocycles. The topological polar surface area (TPSA) is 81.3 Å². The highest BCUT2D eigenvalue weighted by molar-refractivity contribution is 5.97. The van der Waals surface area contributed by atoms with Crippen LogP contribution >= 0.6 is 0 Å². The highest BCUT2D eigenvalue weighted by atomic mass is 16.3. The van der Waals surface area contributed by atoms with Crippen molar-refractivity contribution >= 4 is 16.8 Å². The van der Waals surface area contributed by atoms with Crippen molar-refractivity contribution in [3.05, 3.63) is 30.0 Å². The van der Waals surface area contributed by atoms with Crippen molar-refractivity contribution in [3.8, 4) is 0 Å². The first-order valence-corrected chi connectivity index (χ1v) is 7.33. The van der Waals surface area contributed by atoms with Gasteiger partial charge in [0.2, 0.25) is 0 Å². The van der Waals surface area contributed by atoms with E-state index in [2.05, 4.69) is 20.4 Å². The molecule has 0 aliphatic carbocycles. The number of β-amino-alcohol motifs (C(OH)–C–C–N with tert-alkyl or cyclic N) is 1. The molecule has 0 spiro atoms. The number of hydrogen-bond acceptors (Lipinski definition) is 4. The van der Waals surface area contributed by atoms with E-state index in [0.29, 0.717) is 5.56 Å². The number of aliphatic hydroxyl groups excluding tert-OH is 1. The molecule has 1 amide bonds. The minimum Gasteiger partial charge on any atom is -0.395 e. The Morgan fingerprint density at radius 3 is 3.00 bits per heavy atom. The van der Waals surface area contributed by atoms with E-state index in [-0.39, 0.29) is 18.6 Å². The summed E-state index contributed by atoms with van der Waals surface area (Å²) in [6.45, 7) is 2.76. The van der Waals surface area contributed by atoms with Gasteiger partial charge in [0.15, 0.2) is 0 Å². The maximum Gasteiger partial charge on any atom is 0.251 e. The zero-order valence-corrected chi connectivity index (χ0v) is 11.9. The molecule has 112 valence electrons. The highest BCUT2D eigenvalue weighted by Crippen LogP contribution is 2.14. The molecule has 3 N–H and O–H groups in total. The molecule has 0 radical (unpaired) electrons. The van der Waals surface area contributed by atoms with Crippen LogP contribution in [0.25, 0.3) is 10.9 Å². The van der Waals surface area contributed by atoms with Gasteiger partial charge in [0.1, 0.15) is 0 Å². The number of aliphatic hydroxyl groups is 1. The van der Waals surface area contributed by atoms with E-state index in [1.165, 1.54) is 0 Å². The number of nitrogens with zero attached hydrogens (tertiary/aromatic N) is 2. The van der Waals surface area contributed by atoms with E-state index in [0.717, 1.165) is 43.4 Å². The maximum atomic E-state index is 12.3. The lowest BCUT2D eigenvalue weighted by molar-refractivity contribution is 0.0903. The summed E-state index contributed by atoms with van der Waals surface area (Å²) in [6.07, 6.45) is 3.58. The van der Waals surface area contributed by atoms with E-state index >= 15 is 0 Å². The third kappa shape index (κ3) is 3.22. The van der Waals surface area contributed by atoms with Crippen molar-refractivity contribution < 1.29 is 9.90 Å². The first-order valence-electron chi connectivity index (χ1n) is 7.33. The van der Waals surface area contributed by atoms with Crippen molar-refractivity contribution in [1.29, 1.82) is 0 Å². The van der Waals surface area contributed by atoms with Gasteiger partial charge >= 0.3 is 0 Å². The zero-order valence-electron chi connectivity index (χ0n) is 11.9. The number of aromatic nitrogens is 2. The van der Waals surface area contributed by atoms with Crippen LogP contribution in [0.2, 0.25) is 0 Å². The van der Waals surface area contributed by atoms with Gasteiger partial charge in [-0.05, 0) is 31.0 Å². The first-order chi connectivity index (χ1) is 10.3. The molecule has 0 atom stereocenters. The molecule has 21 heavy (non-hydrogen) atoms. The number of carbonyl (C=O) groups is 1. The Bertz CT molecular complexity index is 617. The average Bonchev–Trinajstić information content (AvgIpc) is 2.97. The fourth-order valence-electron chi connectivity index (χ4n) is 2.80. The van der Waals surface area contributed by atoms with Gasteiger partial charge in [-0.25, -0.2) is 0 Å². The summed E-state index contributed by atoms with van der Waals surface area (Å²) in [5, 5.41) is 19.8. The van der Waals surface area contributed by atoms with Gasteiger partial charge in [-0.2, -0.15) is 5.10 Å². The quantitative estimate of drug-likeness (QED) is 0.775. The zero-order chi connectivity index (χ0) is 14.7. The summed E-state index contributed by atoms with van der Waals surface area (Å²) >= 11 is 0. The van der Waals surface area contributed by atoms with Crippen molar-refractivity contribution in [2.24, 2.45) is 0 Å². The lowest BCUT2D eigenvalue weighted by atomic mass is 10.0. The minimum atomic E-state index is -0.0290. The molecule has 3 rings (SSSR count). The summed E-state index contributed by atoms with van der Waals surface area (Å²) in [5.74, 6) is -0.0290. The predicted molar refractivity (Wildman–Crippen MR) is 80.1 cm³/mol. The molecule has 1 aromatic carbocycles. The number of rotatable bonds is 4. The first kappa shape index (κ1) is 14.0. The number of nitrogens with one attached hydrogen (secondary N) is 2. The van der Waals surface area contributed by atoms with Crippen LogP contribution < -0.4 is 5.32 Å². The van der Waals surface area contributed by atoms with Gasteiger partial charge in [-0.3, -0.25) is 9.89 Å². The largest absolute Gasteiger partial charge is 0.395 e. The molecule has 1 aliphatic rings. The molecule has 0 unspecified atom stereocenters. The summed E-state index contributed by atoms with van der Waals surface area (Å²) in [5.41, 5.74) is 1.60. The average molecular weight is 288 g/mol. The number of fused-ring (bicyclic) bond motifs is 1. The number of amides is 1. The highest BCUT2D eigenvalue weighted by Gasteiger charge is 2.20. The lowest BCUT2D eigenvalue weighted by Gasteiger charge is -2.31. The summed E-state index contributed by atoms with van der Waals surface area (Å²) in [4.78, 5) is 14.5. The smallest absolute Gasteiger partial charge is 0.251 e. The van der Waals surface area contributed by atoms with Crippen molar-refractivity contribution in [1.82, 2.24) is 20.4 Å². The lowest BCUT2D eigenvalue weighted by Crippen LogP contribution is -2.45. The third-order valence-electron chi connectivity index (χ3n) is 4.04. The number of carbonyl (C=O) groups excluding carboxylic acids is 1. The molecule has 2 aromatic rings. The van der Waals surface area contributed by atoms with Crippen molar-refractivity contribution in [2.45, 2.75) is 18.9 Å². The van der Waals surface area contributed by atoms with Gasteiger partial charge in [-0.1, -0.05) is 0 Å². The van der Waals surface area contributed by atoms with Crippen LogP contribution in [0.1, 0.15) is 23.2 Å². The van der Waals surface area contributed by atoms with Crippen LogP contribution in [0.5, 0.6) is 0 Å². The molecule has 2 heterocycles. The van der Waals surface area contributed by atoms with Crippen LogP contribution in [0.4, 0.5) is 0 Å². The van der Waals surface area contributed by atoms with Gasteiger partial charge in [0.05, 0.1) is 18.3 Å². The van der Waals surface area contributed by atoms with E-state index < -0.39 is 0 Å². The van der Waals surface area contributed by atoms with Gasteiger partial charge in [0.25, 0.3) is 5.91 Å². The summed E-state index contributed by atoms with van der Waals surface area (Å²) in [7, 11) is 0. The normalized spacial score (nSPS) is 17.2. The monoisotopic (exact) mass is 288 g/mol. The standard InChI is InChI=1S/C15H20N4O2/c20-8-7-19-5-3-13(4-6-19)17-15(21)11-1-2-14-12(9-11)10-16-18-14/h1-2,9-10,13,20H,3-8H2,(H,16,18)(H,17,21). The fourth-order valence-corrected chi connectivity index (χ4v) is 2.80. The Balaban J connectivity index is 1.59. The number of H-pyrrole nitrogens is 1. The van der Waals surface area contributed by atoms with Crippen LogP contribution in [-0.4, -0.2) is 58.4 Å². The second-order valence-corrected chi connectivity index (χ2v) is 5.49. The molecular formula is C15H20N4O2. The van der Waals surface area contributed by atoms with Crippen LogP contribution in [0.15, 0.2) is 24.4 Å².